The van der Waals surface area contributed by atoms with E-state index in [2.05, 4.69) is 0 Å². The standard InChI is InChI=1S/C23H22O4/c1-2-27-21(25)17-10-8-16(9-11-17)20(24)19-12-13-22(14-15-23(19,22)26)18-6-4-3-5-7-18/h3-12,26H,2,13-15H2,1H3/t22-,23+/m1/s1. The van der Waals surface area contributed by atoms with Crippen molar-refractivity contribution < 1.29 is 19.4 Å². The van der Waals surface area contributed by atoms with E-state index in [0.29, 0.717) is 36.1 Å². The lowest BCUT2D eigenvalue weighted by molar-refractivity contribution is -0.0741. The summed E-state index contributed by atoms with van der Waals surface area (Å²) in [5.74, 6) is -0.581. The fourth-order valence-electron chi connectivity index (χ4n) is 4.44. The fourth-order valence-corrected chi connectivity index (χ4v) is 4.44. The first-order chi connectivity index (χ1) is 13.0. The van der Waals surface area contributed by atoms with Crippen LogP contribution in [0.1, 0.15) is 52.5 Å². The average Bonchev–Trinajstić information content (AvgIpc) is 2.90. The van der Waals surface area contributed by atoms with Crippen LogP contribution in [0.4, 0.5) is 0 Å². The minimum atomic E-state index is -1.12. The Balaban J connectivity index is 1.60. The minimum Gasteiger partial charge on any atom is -0.462 e. The molecule has 2 aliphatic carbocycles. The number of ether oxygens (including phenoxy) is 1. The number of rotatable bonds is 5. The number of allylic oxidation sites excluding steroid dienone is 1. The van der Waals surface area contributed by atoms with Gasteiger partial charge in [-0.15, -0.1) is 0 Å². The zero-order valence-electron chi connectivity index (χ0n) is 15.3. The van der Waals surface area contributed by atoms with Gasteiger partial charge in [-0.05, 0) is 43.9 Å². The summed E-state index contributed by atoms with van der Waals surface area (Å²) in [6.07, 6.45) is 4.00. The highest BCUT2D eigenvalue weighted by molar-refractivity contribution is 6.11. The normalized spacial score (nSPS) is 25.9. The molecule has 0 aromatic heterocycles. The van der Waals surface area contributed by atoms with E-state index in [1.807, 2.05) is 36.4 Å². The number of carbonyl (C=O) groups excluding carboxylic acids is 2. The average molecular weight is 362 g/mol. The molecular formula is C23H22O4. The van der Waals surface area contributed by atoms with Gasteiger partial charge in [0.05, 0.1) is 12.2 Å². The third-order valence-electron chi connectivity index (χ3n) is 6.03. The third kappa shape index (κ3) is 2.55. The van der Waals surface area contributed by atoms with E-state index in [4.69, 9.17) is 4.74 Å². The van der Waals surface area contributed by atoms with Crippen molar-refractivity contribution >= 4 is 11.8 Å². The Kier molecular flexibility index (Phi) is 4.23. The lowest BCUT2D eigenvalue weighted by Gasteiger charge is -2.54. The van der Waals surface area contributed by atoms with Gasteiger partial charge in [0, 0.05) is 16.6 Å². The number of carbonyl (C=O) groups is 2. The number of hydrogen-bond donors (Lipinski definition) is 1. The number of esters is 1. The Morgan fingerprint density at radius 2 is 1.67 bits per heavy atom. The largest absolute Gasteiger partial charge is 0.462 e. The van der Waals surface area contributed by atoms with Gasteiger partial charge in [-0.2, -0.15) is 0 Å². The molecular weight excluding hydrogens is 340 g/mol. The predicted molar refractivity (Wildman–Crippen MR) is 102 cm³/mol. The van der Waals surface area contributed by atoms with Crippen LogP contribution in [0.5, 0.6) is 0 Å². The van der Waals surface area contributed by atoms with Crippen LogP contribution in [-0.2, 0) is 10.2 Å². The second kappa shape index (κ2) is 6.46. The first kappa shape index (κ1) is 17.7. The van der Waals surface area contributed by atoms with E-state index in [0.717, 1.165) is 12.0 Å². The van der Waals surface area contributed by atoms with E-state index in [9.17, 15) is 14.7 Å². The Hall–Kier alpha value is -2.72. The molecule has 0 radical (unpaired) electrons. The summed E-state index contributed by atoms with van der Waals surface area (Å²) in [5, 5.41) is 11.4. The molecule has 2 atom stereocenters. The Labute approximate surface area is 158 Å². The molecule has 4 heteroatoms. The van der Waals surface area contributed by atoms with Gasteiger partial charge in [0.25, 0.3) is 0 Å². The molecule has 0 heterocycles. The van der Waals surface area contributed by atoms with Crippen molar-refractivity contribution in [3.05, 3.63) is 82.9 Å². The summed E-state index contributed by atoms with van der Waals surface area (Å²) < 4.78 is 4.97. The number of aliphatic hydroxyl groups is 1. The van der Waals surface area contributed by atoms with Crippen LogP contribution in [-0.4, -0.2) is 29.1 Å². The maximum atomic E-state index is 13.1. The van der Waals surface area contributed by atoms with Crippen molar-refractivity contribution in [2.75, 3.05) is 6.61 Å². The van der Waals surface area contributed by atoms with Gasteiger partial charge in [-0.1, -0.05) is 48.5 Å². The highest BCUT2D eigenvalue weighted by atomic mass is 16.5. The van der Waals surface area contributed by atoms with Crippen molar-refractivity contribution in [3.63, 3.8) is 0 Å². The molecule has 1 saturated carbocycles. The van der Waals surface area contributed by atoms with Gasteiger partial charge >= 0.3 is 5.97 Å². The van der Waals surface area contributed by atoms with Gasteiger partial charge < -0.3 is 9.84 Å². The van der Waals surface area contributed by atoms with E-state index >= 15 is 0 Å². The van der Waals surface area contributed by atoms with Crippen molar-refractivity contribution in [2.45, 2.75) is 37.2 Å². The molecule has 27 heavy (non-hydrogen) atoms. The van der Waals surface area contributed by atoms with Crippen LogP contribution in [0.2, 0.25) is 0 Å². The molecule has 4 rings (SSSR count). The second-order valence-electron chi connectivity index (χ2n) is 7.26. The molecule has 2 aromatic rings. The smallest absolute Gasteiger partial charge is 0.338 e. The number of fused-ring (bicyclic) bond motifs is 1. The van der Waals surface area contributed by atoms with E-state index in [-0.39, 0.29) is 5.78 Å². The van der Waals surface area contributed by atoms with E-state index in [1.54, 1.807) is 31.2 Å². The zero-order valence-corrected chi connectivity index (χ0v) is 15.3. The van der Waals surface area contributed by atoms with Crippen molar-refractivity contribution in [2.24, 2.45) is 0 Å². The van der Waals surface area contributed by atoms with Crippen LogP contribution in [0, 0.1) is 0 Å². The number of benzene rings is 2. The molecule has 0 aliphatic heterocycles. The second-order valence-corrected chi connectivity index (χ2v) is 7.26. The summed E-state index contributed by atoms with van der Waals surface area (Å²) in [5.41, 5.74) is 0.917. The first-order valence-electron chi connectivity index (χ1n) is 9.32. The SMILES string of the molecule is CCOC(=O)c1ccc(C(=O)C2=CC[C@]3(c4ccccc4)CC[C@]23O)cc1. The van der Waals surface area contributed by atoms with Crippen LogP contribution in [0.3, 0.4) is 0 Å². The van der Waals surface area contributed by atoms with Crippen LogP contribution < -0.4 is 0 Å². The maximum Gasteiger partial charge on any atom is 0.338 e. The lowest BCUT2D eigenvalue weighted by Crippen LogP contribution is -2.59. The number of hydrogen-bond acceptors (Lipinski definition) is 4. The van der Waals surface area contributed by atoms with Gasteiger partial charge in [0.1, 0.15) is 5.60 Å². The summed E-state index contributed by atoms with van der Waals surface area (Å²) in [6.45, 7) is 2.06. The maximum absolute atomic E-state index is 13.1. The number of Topliss-reactive ketones (excluding diaryl/α,β-unsaturated/α-hetero) is 1. The van der Waals surface area contributed by atoms with Gasteiger partial charge in [-0.3, -0.25) is 4.79 Å². The molecule has 0 bridgehead atoms. The van der Waals surface area contributed by atoms with Crippen LogP contribution in [0.15, 0.2) is 66.2 Å². The van der Waals surface area contributed by atoms with Gasteiger partial charge in [0.15, 0.2) is 5.78 Å². The predicted octanol–water partition coefficient (Wildman–Crippen LogP) is 3.84. The Bertz CT molecular complexity index is 913. The van der Waals surface area contributed by atoms with Crippen molar-refractivity contribution in [3.8, 4) is 0 Å². The first-order valence-corrected chi connectivity index (χ1v) is 9.32. The molecule has 0 unspecified atom stereocenters. The van der Waals surface area contributed by atoms with Crippen molar-refractivity contribution in [1.82, 2.24) is 0 Å². The molecule has 4 nitrogen and oxygen atoms in total. The molecule has 2 aliphatic rings. The van der Waals surface area contributed by atoms with Crippen molar-refractivity contribution in [1.29, 1.82) is 0 Å². The highest BCUT2D eigenvalue weighted by Gasteiger charge is 2.64. The third-order valence-corrected chi connectivity index (χ3v) is 6.03. The van der Waals surface area contributed by atoms with Gasteiger partial charge in [-0.25, -0.2) is 4.79 Å². The molecule has 0 spiro atoms. The molecule has 1 N–H and O–H groups in total. The topological polar surface area (TPSA) is 63.6 Å². The lowest BCUT2D eigenvalue weighted by atomic mass is 9.53. The molecule has 1 fully saturated rings. The molecule has 138 valence electrons. The zero-order chi connectivity index (χ0) is 19.1. The van der Waals surface area contributed by atoms with E-state index in [1.165, 1.54) is 0 Å². The molecule has 0 saturated heterocycles. The summed E-state index contributed by atoms with van der Waals surface area (Å²) in [6, 6.07) is 16.4. The van der Waals surface area contributed by atoms with Gasteiger partial charge in [0.2, 0.25) is 0 Å². The molecule has 2 aromatic carbocycles. The molecule has 0 amide bonds. The van der Waals surface area contributed by atoms with Crippen LogP contribution in [0.25, 0.3) is 0 Å². The Morgan fingerprint density at radius 1 is 1.00 bits per heavy atom. The summed E-state index contributed by atoms with van der Waals surface area (Å²) in [7, 11) is 0. The quantitative estimate of drug-likeness (QED) is 0.648. The summed E-state index contributed by atoms with van der Waals surface area (Å²) >= 11 is 0. The highest BCUT2D eigenvalue weighted by Crippen LogP contribution is 2.61. The fraction of sp³-hybridized carbons (Fsp3) is 0.304. The summed E-state index contributed by atoms with van der Waals surface area (Å²) in [4.78, 5) is 24.9. The minimum absolute atomic E-state index is 0.176. The number of ketones is 1. The van der Waals surface area contributed by atoms with Crippen LogP contribution >= 0.6 is 0 Å². The van der Waals surface area contributed by atoms with E-state index < -0.39 is 17.0 Å². The monoisotopic (exact) mass is 362 g/mol. The Morgan fingerprint density at radius 3 is 2.26 bits per heavy atom.